The van der Waals surface area contributed by atoms with E-state index in [1.807, 2.05) is 18.2 Å². The SMILES string of the molecule is CS(=O)(=O)N1CCC[C@@H]2CN3CCc4cc5c(c(-c6ccccc6C(=O)O)c4[C@@H]3C[C@@H]21)OCO5. The molecule has 2 aromatic rings. The predicted octanol–water partition coefficient (Wildman–Crippen LogP) is 3.12. The zero-order valence-corrected chi connectivity index (χ0v) is 19.9. The van der Waals surface area contributed by atoms with Crippen molar-refractivity contribution in [2.24, 2.45) is 5.92 Å². The Morgan fingerprint density at radius 3 is 2.79 bits per heavy atom. The lowest BCUT2D eigenvalue weighted by Gasteiger charge is -2.52. The Hall–Kier alpha value is -2.62. The maximum absolute atomic E-state index is 12.6. The summed E-state index contributed by atoms with van der Waals surface area (Å²) in [5.74, 6) is 0.546. The number of carbonyl (C=O) groups is 1. The van der Waals surface area contributed by atoms with Gasteiger partial charge in [0.25, 0.3) is 0 Å². The molecule has 0 spiro atoms. The van der Waals surface area contributed by atoms with Crippen molar-refractivity contribution < 1.29 is 27.8 Å². The lowest BCUT2D eigenvalue weighted by molar-refractivity contribution is 0.0224. The molecule has 0 amide bonds. The topological polar surface area (TPSA) is 96.4 Å². The van der Waals surface area contributed by atoms with E-state index in [1.54, 1.807) is 16.4 Å². The van der Waals surface area contributed by atoms with E-state index in [-0.39, 0.29) is 24.4 Å². The molecule has 1 N–H and O–H groups in total. The molecule has 4 aliphatic heterocycles. The number of carboxylic acid groups (broad SMARTS) is 1. The number of aromatic carboxylic acids is 1. The molecular weight excluding hydrogens is 456 g/mol. The molecule has 0 bridgehead atoms. The molecule has 6 rings (SSSR count). The van der Waals surface area contributed by atoms with Crippen LogP contribution in [0.1, 0.15) is 46.8 Å². The standard InChI is InChI=1S/C25H28N2O6S/c1-34(30,31)27-9-4-5-16-13-26-10-8-15-11-21-24(33-14-32-21)23(22(15)20(26)12-19(16)27)17-6-2-3-7-18(17)25(28)29/h2-3,6-7,11,16,19-20H,4-5,8-10,12-14H2,1H3,(H,28,29)/t16-,19+,20+/m1/s1. The first-order valence-electron chi connectivity index (χ1n) is 11.8. The minimum absolute atomic E-state index is 0.0151. The third kappa shape index (κ3) is 3.40. The Kier molecular flexibility index (Phi) is 5.13. The molecule has 2 saturated heterocycles. The van der Waals surface area contributed by atoms with Gasteiger partial charge in [0.1, 0.15) is 0 Å². The second-order valence-corrected chi connectivity index (χ2v) is 11.7. The molecular formula is C25H28N2O6S. The molecule has 0 aromatic heterocycles. The number of sulfonamides is 1. The number of ether oxygens (including phenoxy) is 2. The summed E-state index contributed by atoms with van der Waals surface area (Å²) >= 11 is 0. The highest BCUT2D eigenvalue weighted by Gasteiger charge is 2.46. The van der Waals surface area contributed by atoms with Crippen molar-refractivity contribution in [3.63, 3.8) is 0 Å². The Morgan fingerprint density at radius 1 is 1.18 bits per heavy atom. The first-order valence-corrected chi connectivity index (χ1v) is 13.7. The zero-order chi connectivity index (χ0) is 23.6. The lowest BCUT2D eigenvalue weighted by atomic mass is 9.75. The molecule has 4 heterocycles. The van der Waals surface area contributed by atoms with Crippen molar-refractivity contribution >= 4 is 16.0 Å². The molecule has 0 radical (unpaired) electrons. The summed E-state index contributed by atoms with van der Waals surface area (Å²) in [5.41, 5.74) is 3.79. The molecule has 34 heavy (non-hydrogen) atoms. The van der Waals surface area contributed by atoms with Gasteiger partial charge < -0.3 is 14.6 Å². The average Bonchev–Trinajstić information content (AvgIpc) is 3.28. The summed E-state index contributed by atoms with van der Waals surface area (Å²) in [4.78, 5) is 14.6. The lowest BCUT2D eigenvalue weighted by Crippen LogP contribution is -2.57. The molecule has 0 saturated carbocycles. The van der Waals surface area contributed by atoms with E-state index >= 15 is 0 Å². The summed E-state index contributed by atoms with van der Waals surface area (Å²) in [6.07, 6.45) is 4.75. The highest BCUT2D eigenvalue weighted by atomic mass is 32.2. The molecule has 2 aromatic carbocycles. The van der Waals surface area contributed by atoms with Crippen LogP contribution in [0.25, 0.3) is 11.1 Å². The van der Waals surface area contributed by atoms with Crippen LogP contribution < -0.4 is 9.47 Å². The molecule has 0 aliphatic carbocycles. The van der Waals surface area contributed by atoms with Crippen molar-refractivity contribution in [2.75, 3.05) is 32.7 Å². The fraction of sp³-hybridized carbons (Fsp3) is 0.480. The van der Waals surface area contributed by atoms with Crippen molar-refractivity contribution in [2.45, 2.75) is 37.8 Å². The van der Waals surface area contributed by atoms with Gasteiger partial charge in [0.05, 0.1) is 11.8 Å². The Labute approximate surface area is 199 Å². The quantitative estimate of drug-likeness (QED) is 0.715. The van der Waals surface area contributed by atoms with Gasteiger partial charge in [0, 0.05) is 42.8 Å². The minimum Gasteiger partial charge on any atom is -0.478 e. The minimum atomic E-state index is -3.31. The fourth-order valence-corrected chi connectivity index (χ4v) is 7.72. The summed E-state index contributed by atoms with van der Waals surface area (Å²) in [6.45, 7) is 2.39. The van der Waals surface area contributed by atoms with Crippen LogP contribution >= 0.6 is 0 Å². The van der Waals surface area contributed by atoms with E-state index in [9.17, 15) is 18.3 Å². The Morgan fingerprint density at radius 2 is 2.00 bits per heavy atom. The summed E-state index contributed by atoms with van der Waals surface area (Å²) in [7, 11) is -3.31. The van der Waals surface area contributed by atoms with Crippen LogP contribution in [-0.2, 0) is 16.4 Å². The number of hydrogen-bond donors (Lipinski definition) is 1. The van der Waals surface area contributed by atoms with E-state index in [1.165, 1.54) is 6.26 Å². The number of piperidine rings is 2. The van der Waals surface area contributed by atoms with Crippen molar-refractivity contribution in [3.8, 4) is 22.6 Å². The van der Waals surface area contributed by atoms with Crippen molar-refractivity contribution in [1.29, 1.82) is 0 Å². The number of benzene rings is 2. The van der Waals surface area contributed by atoms with Gasteiger partial charge in [0.15, 0.2) is 11.5 Å². The van der Waals surface area contributed by atoms with Gasteiger partial charge in [-0.3, -0.25) is 4.90 Å². The van der Waals surface area contributed by atoms with Crippen LogP contribution in [0.2, 0.25) is 0 Å². The number of fused-ring (bicyclic) bond motifs is 5. The second-order valence-electron chi connectivity index (χ2n) is 9.75. The number of rotatable bonds is 3. The molecule has 8 nitrogen and oxygen atoms in total. The van der Waals surface area contributed by atoms with Crippen LogP contribution in [0.5, 0.6) is 11.5 Å². The van der Waals surface area contributed by atoms with E-state index in [2.05, 4.69) is 4.90 Å². The van der Waals surface area contributed by atoms with Gasteiger partial charge in [0.2, 0.25) is 16.8 Å². The maximum Gasteiger partial charge on any atom is 0.336 e. The van der Waals surface area contributed by atoms with Gasteiger partial charge in [-0.2, -0.15) is 4.31 Å². The number of nitrogens with zero attached hydrogens (tertiary/aromatic N) is 2. The number of carboxylic acids is 1. The van der Waals surface area contributed by atoms with Crippen LogP contribution in [0.15, 0.2) is 30.3 Å². The molecule has 180 valence electrons. The van der Waals surface area contributed by atoms with E-state index in [0.717, 1.165) is 49.0 Å². The average molecular weight is 485 g/mol. The highest BCUT2D eigenvalue weighted by Crippen LogP contribution is 2.53. The van der Waals surface area contributed by atoms with Crippen LogP contribution in [0, 0.1) is 5.92 Å². The third-order valence-electron chi connectivity index (χ3n) is 7.89. The molecule has 9 heteroatoms. The van der Waals surface area contributed by atoms with Gasteiger partial charge in [-0.25, -0.2) is 13.2 Å². The highest BCUT2D eigenvalue weighted by molar-refractivity contribution is 7.88. The summed E-state index contributed by atoms with van der Waals surface area (Å²) in [5, 5.41) is 9.93. The molecule has 4 aliphatic rings. The Bertz CT molecular complexity index is 1280. The smallest absolute Gasteiger partial charge is 0.336 e. The van der Waals surface area contributed by atoms with Crippen molar-refractivity contribution in [3.05, 3.63) is 47.0 Å². The third-order valence-corrected chi connectivity index (χ3v) is 9.19. The second kappa shape index (κ2) is 7.96. The van der Waals surface area contributed by atoms with Crippen molar-refractivity contribution in [1.82, 2.24) is 9.21 Å². The molecule has 3 atom stereocenters. The normalized spacial score (nSPS) is 26.4. The Balaban J connectivity index is 1.53. The van der Waals surface area contributed by atoms with Gasteiger partial charge in [-0.1, -0.05) is 18.2 Å². The molecule has 2 fully saturated rings. The van der Waals surface area contributed by atoms with Gasteiger partial charge >= 0.3 is 5.97 Å². The molecule has 0 unspecified atom stereocenters. The van der Waals surface area contributed by atoms with E-state index < -0.39 is 16.0 Å². The maximum atomic E-state index is 12.6. The van der Waals surface area contributed by atoms with Crippen LogP contribution in [0.4, 0.5) is 0 Å². The largest absolute Gasteiger partial charge is 0.478 e. The van der Waals surface area contributed by atoms with Crippen LogP contribution in [-0.4, -0.2) is 67.4 Å². The monoisotopic (exact) mass is 484 g/mol. The van der Waals surface area contributed by atoms with E-state index in [4.69, 9.17) is 9.47 Å². The van der Waals surface area contributed by atoms with Crippen LogP contribution in [0.3, 0.4) is 0 Å². The first-order chi connectivity index (χ1) is 16.3. The number of hydrogen-bond acceptors (Lipinski definition) is 6. The zero-order valence-electron chi connectivity index (χ0n) is 19.1. The summed E-state index contributed by atoms with van der Waals surface area (Å²) < 4.78 is 38.6. The fourth-order valence-electron chi connectivity index (χ4n) is 6.51. The summed E-state index contributed by atoms with van der Waals surface area (Å²) in [6, 6.07) is 8.97. The van der Waals surface area contributed by atoms with E-state index in [0.29, 0.717) is 35.9 Å². The van der Waals surface area contributed by atoms with Gasteiger partial charge in [-0.05, 0) is 54.9 Å². The predicted molar refractivity (Wildman–Crippen MR) is 126 cm³/mol. The first kappa shape index (κ1) is 21.9. The van der Waals surface area contributed by atoms with Gasteiger partial charge in [-0.15, -0.1) is 0 Å².